The highest BCUT2D eigenvalue weighted by Crippen LogP contribution is 2.27. The molecule has 0 aliphatic heterocycles. The van der Waals surface area contributed by atoms with E-state index in [2.05, 4.69) is 9.98 Å². The molecule has 0 unspecified atom stereocenters. The molecule has 2 aromatic carbocycles. The predicted octanol–water partition coefficient (Wildman–Crippen LogP) is 8.04. The Morgan fingerprint density at radius 2 is 0.974 bits per heavy atom. The number of para-hydroxylation sites is 2. The van der Waals surface area contributed by atoms with Gasteiger partial charge in [-0.15, -0.1) is 0 Å². The maximum absolute atomic E-state index is 14.2. The lowest BCUT2D eigenvalue weighted by Crippen LogP contribution is -2.11. The molecule has 2 aliphatic rings. The van der Waals surface area contributed by atoms with Crippen molar-refractivity contribution < 1.29 is 17.6 Å². The number of aromatic nitrogens is 1. The van der Waals surface area contributed by atoms with Gasteiger partial charge < -0.3 is 0 Å². The summed E-state index contributed by atoms with van der Waals surface area (Å²) in [6, 6.07) is 13.0. The van der Waals surface area contributed by atoms with E-state index in [0.717, 1.165) is 22.5 Å². The molecule has 190 valence electrons. The van der Waals surface area contributed by atoms with Gasteiger partial charge in [0.25, 0.3) is 0 Å². The first-order valence-electron chi connectivity index (χ1n) is 12.2. The Labute approximate surface area is 218 Å². The first kappa shape index (κ1) is 25.3. The topological polar surface area (TPSA) is 37.6 Å². The maximum Gasteiger partial charge on any atom is 0.151 e. The summed E-state index contributed by atoms with van der Waals surface area (Å²) >= 11 is 0. The summed E-state index contributed by atoms with van der Waals surface area (Å²) in [6.07, 6.45) is 13.0. The van der Waals surface area contributed by atoms with Crippen LogP contribution in [0.5, 0.6) is 0 Å². The van der Waals surface area contributed by atoms with E-state index in [0.29, 0.717) is 37.1 Å². The molecule has 0 bridgehead atoms. The van der Waals surface area contributed by atoms with Gasteiger partial charge in [0.05, 0.1) is 0 Å². The fraction of sp³-hybridized carbons (Fsp3) is 0.129. The van der Waals surface area contributed by atoms with Crippen LogP contribution in [0.15, 0.2) is 112 Å². The number of benzene rings is 2. The largest absolute Gasteiger partial charge is 0.257 e. The number of hydrogen-bond acceptors (Lipinski definition) is 3. The predicted molar refractivity (Wildman–Crippen MR) is 142 cm³/mol. The molecular formula is C31H23F4N3. The highest BCUT2D eigenvalue weighted by atomic mass is 19.1. The van der Waals surface area contributed by atoms with Crippen LogP contribution in [0.25, 0.3) is 0 Å². The highest BCUT2D eigenvalue weighted by molar-refractivity contribution is 6.04. The van der Waals surface area contributed by atoms with Gasteiger partial charge in [0, 0.05) is 48.5 Å². The SMILES string of the molecule is Fc1cccc(F)c1N=C1CC=CC=C1Cc1cccc(CC2=CC=CCC2=Nc2c(F)cccc2F)n1. The quantitative estimate of drug-likeness (QED) is 0.307. The van der Waals surface area contributed by atoms with Crippen molar-refractivity contribution in [1.29, 1.82) is 0 Å². The molecule has 5 rings (SSSR count). The average Bonchev–Trinajstić information content (AvgIpc) is 2.91. The van der Waals surface area contributed by atoms with Crippen molar-refractivity contribution in [2.45, 2.75) is 25.7 Å². The van der Waals surface area contributed by atoms with Gasteiger partial charge in [0.15, 0.2) is 23.3 Å². The molecule has 0 radical (unpaired) electrons. The van der Waals surface area contributed by atoms with Gasteiger partial charge in [-0.05, 0) is 47.5 Å². The number of aliphatic imine (C=N–C) groups is 2. The van der Waals surface area contributed by atoms with E-state index in [1.165, 1.54) is 36.4 Å². The van der Waals surface area contributed by atoms with Crippen molar-refractivity contribution in [2.24, 2.45) is 9.98 Å². The average molecular weight is 514 g/mol. The van der Waals surface area contributed by atoms with Crippen LogP contribution in [0.1, 0.15) is 24.2 Å². The van der Waals surface area contributed by atoms with Crippen LogP contribution in [-0.2, 0) is 12.8 Å². The van der Waals surface area contributed by atoms with Gasteiger partial charge in [0.2, 0.25) is 0 Å². The molecule has 0 amide bonds. The molecule has 3 aromatic rings. The first-order valence-corrected chi connectivity index (χ1v) is 12.2. The van der Waals surface area contributed by atoms with Gasteiger partial charge in [-0.25, -0.2) is 27.5 Å². The minimum atomic E-state index is -0.714. The van der Waals surface area contributed by atoms with E-state index >= 15 is 0 Å². The molecule has 0 saturated heterocycles. The molecule has 0 fully saturated rings. The molecule has 1 heterocycles. The monoisotopic (exact) mass is 513 g/mol. The maximum atomic E-state index is 14.2. The Hall–Kier alpha value is -4.39. The Morgan fingerprint density at radius 1 is 0.579 bits per heavy atom. The van der Waals surface area contributed by atoms with Crippen molar-refractivity contribution in [1.82, 2.24) is 4.98 Å². The van der Waals surface area contributed by atoms with Gasteiger partial charge in [-0.3, -0.25) is 4.98 Å². The molecule has 0 N–H and O–H groups in total. The molecule has 2 aliphatic carbocycles. The molecule has 7 heteroatoms. The van der Waals surface area contributed by atoms with Gasteiger partial charge in [-0.2, -0.15) is 0 Å². The van der Waals surface area contributed by atoms with Crippen molar-refractivity contribution in [3.8, 4) is 0 Å². The summed E-state index contributed by atoms with van der Waals surface area (Å²) in [7, 11) is 0. The summed E-state index contributed by atoms with van der Waals surface area (Å²) in [4.78, 5) is 13.4. The lowest BCUT2D eigenvalue weighted by molar-refractivity contribution is 0.587. The zero-order chi connectivity index (χ0) is 26.5. The van der Waals surface area contributed by atoms with E-state index in [9.17, 15) is 17.6 Å². The molecule has 0 spiro atoms. The highest BCUT2D eigenvalue weighted by Gasteiger charge is 2.17. The summed E-state index contributed by atoms with van der Waals surface area (Å²) in [6.45, 7) is 0. The second kappa shape index (κ2) is 11.3. The molecule has 3 nitrogen and oxygen atoms in total. The molecule has 0 saturated carbocycles. The Morgan fingerprint density at radius 3 is 1.39 bits per heavy atom. The lowest BCUT2D eigenvalue weighted by atomic mass is 9.96. The van der Waals surface area contributed by atoms with Gasteiger partial charge in [0.1, 0.15) is 11.4 Å². The third-order valence-electron chi connectivity index (χ3n) is 6.21. The molecule has 38 heavy (non-hydrogen) atoms. The van der Waals surface area contributed by atoms with E-state index in [1.54, 1.807) is 0 Å². The summed E-state index contributed by atoms with van der Waals surface area (Å²) in [5.41, 5.74) is 3.69. The third kappa shape index (κ3) is 5.78. The van der Waals surface area contributed by atoms with Crippen molar-refractivity contribution in [3.05, 3.63) is 137 Å². The minimum absolute atomic E-state index is 0.305. The number of pyridine rings is 1. The zero-order valence-electron chi connectivity index (χ0n) is 20.3. The van der Waals surface area contributed by atoms with Crippen LogP contribution in [-0.4, -0.2) is 16.4 Å². The van der Waals surface area contributed by atoms with Crippen LogP contribution < -0.4 is 0 Å². The zero-order valence-corrected chi connectivity index (χ0v) is 20.3. The Bertz CT molecular complexity index is 1410. The van der Waals surface area contributed by atoms with Crippen molar-refractivity contribution in [3.63, 3.8) is 0 Å². The fourth-order valence-electron chi connectivity index (χ4n) is 4.32. The standard InChI is InChI=1S/C31H23F4N3/c32-24-12-6-13-25(33)30(24)37-28-16-3-1-8-20(28)18-22-10-5-11-23(36-22)19-21-9-2-4-17-29(21)38-31-26(34)14-7-15-27(31)35/h1-15H,16-19H2. The Kier molecular flexibility index (Phi) is 7.54. The van der Waals surface area contributed by atoms with E-state index in [1.807, 2.05) is 54.7 Å². The van der Waals surface area contributed by atoms with E-state index in [4.69, 9.17) is 4.98 Å². The van der Waals surface area contributed by atoms with Gasteiger partial charge >= 0.3 is 0 Å². The number of nitrogens with zero attached hydrogens (tertiary/aromatic N) is 3. The van der Waals surface area contributed by atoms with E-state index in [-0.39, 0.29) is 11.4 Å². The Balaban J connectivity index is 1.38. The fourth-order valence-corrected chi connectivity index (χ4v) is 4.32. The molecule has 0 atom stereocenters. The first-order chi connectivity index (χ1) is 18.5. The summed E-state index contributed by atoms with van der Waals surface area (Å²) in [5, 5.41) is 0. The van der Waals surface area contributed by atoms with Crippen molar-refractivity contribution in [2.75, 3.05) is 0 Å². The third-order valence-corrected chi connectivity index (χ3v) is 6.21. The lowest BCUT2D eigenvalue weighted by Gasteiger charge is -2.15. The van der Waals surface area contributed by atoms with Crippen LogP contribution in [0.2, 0.25) is 0 Å². The van der Waals surface area contributed by atoms with Crippen molar-refractivity contribution >= 4 is 22.8 Å². The minimum Gasteiger partial charge on any atom is -0.257 e. The number of halogens is 4. The second-order valence-corrected chi connectivity index (χ2v) is 8.88. The number of allylic oxidation sites excluding steroid dienone is 8. The van der Waals surface area contributed by atoms with Crippen LogP contribution in [0.4, 0.5) is 28.9 Å². The summed E-state index contributed by atoms with van der Waals surface area (Å²) in [5.74, 6) is -2.86. The van der Waals surface area contributed by atoms with Crippen LogP contribution in [0, 0.1) is 23.3 Å². The van der Waals surface area contributed by atoms with E-state index < -0.39 is 23.3 Å². The number of hydrogen-bond donors (Lipinski definition) is 0. The van der Waals surface area contributed by atoms with Crippen LogP contribution >= 0.6 is 0 Å². The second-order valence-electron chi connectivity index (χ2n) is 8.88. The smallest absolute Gasteiger partial charge is 0.151 e. The number of rotatable bonds is 6. The molecule has 1 aromatic heterocycles. The van der Waals surface area contributed by atoms with Crippen LogP contribution in [0.3, 0.4) is 0 Å². The normalized spacial score (nSPS) is 17.2. The molecular weight excluding hydrogens is 490 g/mol. The summed E-state index contributed by atoms with van der Waals surface area (Å²) < 4.78 is 56.8. The van der Waals surface area contributed by atoms with Gasteiger partial charge in [-0.1, -0.05) is 54.7 Å².